The predicted octanol–water partition coefficient (Wildman–Crippen LogP) is 1.90. The average molecular weight is 279 g/mol. The molecule has 0 aliphatic heterocycles. The second kappa shape index (κ2) is 6.38. The summed E-state index contributed by atoms with van der Waals surface area (Å²) in [5, 5.41) is 0.504. The molecule has 1 aromatic carbocycles. The molecule has 5 N–H and O–H groups in total. The van der Waals surface area contributed by atoms with E-state index in [0.29, 0.717) is 23.0 Å². The van der Waals surface area contributed by atoms with Gasteiger partial charge in [-0.2, -0.15) is 0 Å². The zero-order valence-electron chi connectivity index (χ0n) is 10.2. The van der Waals surface area contributed by atoms with E-state index >= 15 is 0 Å². The number of nitrogens with two attached hydrogens (primary N) is 2. The molecule has 0 amide bonds. The molecule has 0 saturated heterocycles. The Balaban J connectivity index is 2.10. The second-order valence-electron chi connectivity index (χ2n) is 3.97. The minimum atomic E-state index is -0.286. The summed E-state index contributed by atoms with van der Waals surface area (Å²) >= 11 is 5.91. The topological polar surface area (TPSA) is 86.2 Å². The Hall–Kier alpha value is -1.82. The highest BCUT2D eigenvalue weighted by atomic mass is 35.5. The number of aromatic nitrogens is 1. The standard InChI is InChI=1S/C13H15ClN4O/c14-9-6-11(13(15)17-7-9)12(18-16)8-19-10-4-2-1-3-5-10/h1-7,12,18H,8,16H2,(H2,15,17). The van der Waals surface area contributed by atoms with Gasteiger partial charge in [0.25, 0.3) is 0 Å². The fourth-order valence-electron chi connectivity index (χ4n) is 1.67. The minimum absolute atomic E-state index is 0.286. The molecule has 0 aliphatic carbocycles. The van der Waals surface area contributed by atoms with Crippen molar-refractivity contribution in [3.8, 4) is 5.75 Å². The van der Waals surface area contributed by atoms with E-state index in [2.05, 4.69) is 10.4 Å². The van der Waals surface area contributed by atoms with E-state index in [1.165, 1.54) is 6.20 Å². The van der Waals surface area contributed by atoms with Crippen LogP contribution in [0.5, 0.6) is 5.75 Å². The normalized spacial score (nSPS) is 12.1. The van der Waals surface area contributed by atoms with Crippen molar-refractivity contribution in [2.45, 2.75) is 6.04 Å². The number of anilines is 1. The Morgan fingerprint density at radius 3 is 2.74 bits per heavy atom. The summed E-state index contributed by atoms with van der Waals surface area (Å²) in [4.78, 5) is 4.00. The van der Waals surface area contributed by atoms with Crippen LogP contribution in [0.2, 0.25) is 5.02 Å². The summed E-state index contributed by atoms with van der Waals surface area (Å²) in [5.74, 6) is 6.67. The molecule has 2 rings (SSSR count). The van der Waals surface area contributed by atoms with Crippen LogP contribution in [0.4, 0.5) is 5.82 Å². The number of hydrogen-bond acceptors (Lipinski definition) is 5. The first kappa shape index (κ1) is 13.6. The summed E-state index contributed by atoms with van der Waals surface area (Å²) in [6.07, 6.45) is 1.49. The summed E-state index contributed by atoms with van der Waals surface area (Å²) in [7, 11) is 0. The van der Waals surface area contributed by atoms with E-state index in [-0.39, 0.29) is 6.04 Å². The van der Waals surface area contributed by atoms with Crippen molar-refractivity contribution in [1.29, 1.82) is 0 Å². The van der Waals surface area contributed by atoms with Gasteiger partial charge in [-0.05, 0) is 18.2 Å². The number of benzene rings is 1. The van der Waals surface area contributed by atoms with Crippen LogP contribution in [-0.4, -0.2) is 11.6 Å². The number of hydrogen-bond donors (Lipinski definition) is 3. The molecule has 0 fully saturated rings. The molecule has 1 heterocycles. The Bertz CT molecular complexity index is 535. The van der Waals surface area contributed by atoms with Crippen LogP contribution in [0.3, 0.4) is 0 Å². The third kappa shape index (κ3) is 3.57. The third-order valence-electron chi connectivity index (χ3n) is 2.65. The van der Waals surface area contributed by atoms with Gasteiger partial charge in [-0.3, -0.25) is 5.84 Å². The highest BCUT2D eigenvalue weighted by molar-refractivity contribution is 6.30. The summed E-state index contributed by atoms with van der Waals surface area (Å²) < 4.78 is 5.64. The van der Waals surface area contributed by atoms with E-state index in [0.717, 1.165) is 5.75 Å². The Labute approximate surface area is 116 Å². The maximum absolute atomic E-state index is 5.91. The smallest absolute Gasteiger partial charge is 0.128 e. The summed E-state index contributed by atoms with van der Waals surface area (Å²) in [6, 6.07) is 10.9. The van der Waals surface area contributed by atoms with Gasteiger partial charge >= 0.3 is 0 Å². The van der Waals surface area contributed by atoms with Gasteiger partial charge in [0.2, 0.25) is 0 Å². The van der Waals surface area contributed by atoms with Crippen LogP contribution >= 0.6 is 11.6 Å². The molecule has 2 aromatic rings. The lowest BCUT2D eigenvalue weighted by Gasteiger charge is -2.18. The van der Waals surface area contributed by atoms with Crippen LogP contribution in [-0.2, 0) is 0 Å². The van der Waals surface area contributed by atoms with E-state index in [9.17, 15) is 0 Å². The quantitative estimate of drug-likeness (QED) is 0.574. The summed E-state index contributed by atoms with van der Waals surface area (Å²) in [6.45, 7) is 0.326. The molecule has 19 heavy (non-hydrogen) atoms. The third-order valence-corrected chi connectivity index (χ3v) is 2.86. The fraction of sp³-hybridized carbons (Fsp3) is 0.154. The molecule has 6 heteroatoms. The first-order valence-electron chi connectivity index (χ1n) is 5.75. The van der Waals surface area contributed by atoms with Crippen molar-refractivity contribution in [3.05, 3.63) is 53.2 Å². The monoisotopic (exact) mass is 278 g/mol. The molecule has 5 nitrogen and oxygen atoms in total. The summed E-state index contributed by atoms with van der Waals surface area (Å²) in [5.41, 5.74) is 9.18. The van der Waals surface area contributed by atoms with Gasteiger partial charge in [0.05, 0.1) is 11.1 Å². The van der Waals surface area contributed by atoms with Gasteiger partial charge < -0.3 is 10.5 Å². The van der Waals surface area contributed by atoms with Gasteiger partial charge in [-0.25, -0.2) is 10.4 Å². The molecular formula is C13H15ClN4O. The van der Waals surface area contributed by atoms with Crippen molar-refractivity contribution in [2.75, 3.05) is 12.3 Å². The van der Waals surface area contributed by atoms with Crippen molar-refractivity contribution in [3.63, 3.8) is 0 Å². The van der Waals surface area contributed by atoms with Gasteiger partial charge in [-0.15, -0.1) is 0 Å². The zero-order valence-corrected chi connectivity index (χ0v) is 11.0. The number of para-hydroxylation sites is 1. The first-order chi connectivity index (χ1) is 9.20. The number of rotatable bonds is 5. The second-order valence-corrected chi connectivity index (χ2v) is 4.41. The number of pyridine rings is 1. The van der Waals surface area contributed by atoms with Crippen molar-refractivity contribution < 1.29 is 4.74 Å². The molecule has 0 radical (unpaired) electrons. The van der Waals surface area contributed by atoms with Crippen molar-refractivity contribution in [2.24, 2.45) is 5.84 Å². The van der Waals surface area contributed by atoms with Crippen LogP contribution in [0.25, 0.3) is 0 Å². The van der Waals surface area contributed by atoms with Gasteiger partial charge in [-0.1, -0.05) is 29.8 Å². The average Bonchev–Trinajstić information content (AvgIpc) is 2.44. The molecule has 0 saturated carbocycles. The molecule has 0 bridgehead atoms. The Morgan fingerprint density at radius 1 is 1.32 bits per heavy atom. The number of nitrogens with one attached hydrogen (secondary N) is 1. The molecule has 0 spiro atoms. The molecule has 1 unspecified atom stereocenters. The highest BCUT2D eigenvalue weighted by Gasteiger charge is 2.15. The largest absolute Gasteiger partial charge is 0.492 e. The number of nitrogen functional groups attached to an aromatic ring is 1. The maximum Gasteiger partial charge on any atom is 0.128 e. The SMILES string of the molecule is NNC(COc1ccccc1)c1cc(Cl)cnc1N. The molecule has 1 aromatic heterocycles. The van der Waals surface area contributed by atoms with Crippen LogP contribution in [0.15, 0.2) is 42.6 Å². The van der Waals surface area contributed by atoms with Gasteiger partial charge in [0.15, 0.2) is 0 Å². The Kier molecular flexibility index (Phi) is 4.57. The number of halogens is 1. The van der Waals surface area contributed by atoms with Crippen molar-refractivity contribution in [1.82, 2.24) is 10.4 Å². The fourth-order valence-corrected chi connectivity index (χ4v) is 1.83. The van der Waals surface area contributed by atoms with Crippen LogP contribution < -0.4 is 21.7 Å². The lowest BCUT2D eigenvalue weighted by atomic mass is 10.1. The van der Waals surface area contributed by atoms with Crippen LogP contribution in [0.1, 0.15) is 11.6 Å². The van der Waals surface area contributed by atoms with E-state index in [1.807, 2.05) is 30.3 Å². The molecule has 100 valence electrons. The molecular weight excluding hydrogens is 264 g/mol. The van der Waals surface area contributed by atoms with Crippen molar-refractivity contribution >= 4 is 17.4 Å². The number of ether oxygens (including phenoxy) is 1. The predicted molar refractivity (Wildman–Crippen MR) is 75.7 cm³/mol. The van der Waals surface area contributed by atoms with Crippen LogP contribution in [0, 0.1) is 0 Å². The Morgan fingerprint density at radius 2 is 2.05 bits per heavy atom. The van der Waals surface area contributed by atoms with Gasteiger partial charge in [0, 0.05) is 11.8 Å². The highest BCUT2D eigenvalue weighted by Crippen LogP contribution is 2.22. The van der Waals surface area contributed by atoms with E-state index < -0.39 is 0 Å². The van der Waals surface area contributed by atoms with Gasteiger partial charge in [0.1, 0.15) is 18.2 Å². The molecule has 1 atom stereocenters. The number of nitrogens with zero attached hydrogens (tertiary/aromatic N) is 1. The molecule has 0 aliphatic rings. The first-order valence-corrected chi connectivity index (χ1v) is 6.13. The maximum atomic E-state index is 5.91. The lowest BCUT2D eigenvalue weighted by molar-refractivity contribution is 0.267. The number of hydrazine groups is 1. The minimum Gasteiger partial charge on any atom is -0.492 e. The zero-order chi connectivity index (χ0) is 13.7. The van der Waals surface area contributed by atoms with E-state index in [1.54, 1.807) is 6.07 Å². The van der Waals surface area contributed by atoms with E-state index in [4.69, 9.17) is 27.9 Å². The lowest BCUT2D eigenvalue weighted by Crippen LogP contribution is -2.33.